The van der Waals surface area contributed by atoms with Crippen molar-refractivity contribution in [2.24, 2.45) is 0 Å². The summed E-state index contributed by atoms with van der Waals surface area (Å²) in [5.74, 6) is 1.04. The maximum Gasteiger partial charge on any atom is 0.338 e. The van der Waals surface area contributed by atoms with Crippen LogP contribution in [-0.4, -0.2) is 56.6 Å². The topological polar surface area (TPSA) is 57.2 Å². The van der Waals surface area contributed by atoms with Crippen LogP contribution in [0.3, 0.4) is 0 Å². The van der Waals surface area contributed by atoms with Crippen LogP contribution in [0.15, 0.2) is 23.8 Å². The Hall–Kier alpha value is -2.05. The minimum Gasteiger partial charge on any atom is -0.455 e. The second-order valence-corrected chi connectivity index (χ2v) is 6.81. The van der Waals surface area contributed by atoms with Crippen LogP contribution >= 0.6 is 0 Å². The third kappa shape index (κ3) is 1.81. The van der Waals surface area contributed by atoms with Crippen LogP contribution in [-0.2, 0) is 9.47 Å². The molecule has 24 heavy (non-hydrogen) atoms. The highest BCUT2D eigenvalue weighted by molar-refractivity contribution is 5.94. The van der Waals surface area contributed by atoms with E-state index in [1.54, 1.807) is 13.2 Å². The lowest BCUT2D eigenvalue weighted by Gasteiger charge is -2.44. The lowest BCUT2D eigenvalue weighted by Crippen LogP contribution is -2.51. The van der Waals surface area contributed by atoms with Crippen molar-refractivity contribution in [1.29, 1.82) is 0 Å². The Labute approximate surface area is 139 Å². The predicted molar refractivity (Wildman–Crippen MR) is 84.4 cm³/mol. The van der Waals surface area contributed by atoms with E-state index in [0.29, 0.717) is 17.1 Å². The summed E-state index contributed by atoms with van der Waals surface area (Å²) in [4.78, 5) is 14.9. The highest BCUT2D eigenvalue weighted by Gasteiger charge is 2.51. The van der Waals surface area contributed by atoms with Crippen LogP contribution in [0.1, 0.15) is 28.3 Å². The second kappa shape index (κ2) is 4.97. The van der Waals surface area contributed by atoms with Gasteiger partial charge in [-0.1, -0.05) is 11.6 Å². The molecule has 1 aromatic carbocycles. The zero-order valence-corrected chi connectivity index (χ0v) is 13.7. The van der Waals surface area contributed by atoms with Gasteiger partial charge in [0.25, 0.3) is 0 Å². The van der Waals surface area contributed by atoms with Gasteiger partial charge in [-0.05, 0) is 31.2 Å². The van der Waals surface area contributed by atoms with E-state index in [1.165, 1.54) is 5.57 Å². The van der Waals surface area contributed by atoms with Gasteiger partial charge in [-0.3, -0.25) is 4.90 Å². The zero-order valence-electron chi connectivity index (χ0n) is 13.7. The number of ether oxygens (including phenoxy) is 4. The first-order valence-corrected chi connectivity index (χ1v) is 8.25. The molecular formula is C18H19NO5. The zero-order chi connectivity index (χ0) is 16.4. The Bertz CT molecular complexity index is 758. The summed E-state index contributed by atoms with van der Waals surface area (Å²) in [5.41, 5.74) is 2.93. The van der Waals surface area contributed by atoms with Crippen molar-refractivity contribution in [2.75, 3.05) is 27.5 Å². The maximum absolute atomic E-state index is 12.6. The SMILES string of the molecule is CO[C@H]1C=C2CCN(C)[C@H]2[C@@H]2c3cc4c(cc3C(=O)O[C@H]21)OCO4. The molecular weight excluding hydrogens is 310 g/mol. The number of carbonyl (C=O) groups is 1. The minimum atomic E-state index is -0.316. The van der Waals surface area contributed by atoms with Gasteiger partial charge in [-0.2, -0.15) is 0 Å². The molecule has 1 aliphatic carbocycles. The molecule has 0 spiro atoms. The summed E-state index contributed by atoms with van der Waals surface area (Å²) in [5, 5.41) is 0. The smallest absolute Gasteiger partial charge is 0.338 e. The van der Waals surface area contributed by atoms with Crippen LogP contribution < -0.4 is 9.47 Å². The van der Waals surface area contributed by atoms with E-state index in [-0.39, 0.29) is 36.9 Å². The number of likely N-dealkylation sites (tertiary alicyclic amines) is 1. The van der Waals surface area contributed by atoms with E-state index < -0.39 is 0 Å². The average Bonchev–Trinajstić information content (AvgIpc) is 3.19. The van der Waals surface area contributed by atoms with E-state index in [0.717, 1.165) is 18.5 Å². The molecule has 4 atom stereocenters. The van der Waals surface area contributed by atoms with Gasteiger partial charge in [-0.15, -0.1) is 0 Å². The average molecular weight is 329 g/mol. The van der Waals surface area contributed by atoms with Crippen molar-refractivity contribution in [3.05, 3.63) is 34.9 Å². The lowest BCUT2D eigenvalue weighted by molar-refractivity contribution is -0.0468. The van der Waals surface area contributed by atoms with E-state index in [2.05, 4.69) is 18.0 Å². The fourth-order valence-electron chi connectivity index (χ4n) is 4.54. The van der Waals surface area contributed by atoms with Gasteiger partial charge < -0.3 is 18.9 Å². The quantitative estimate of drug-likeness (QED) is 0.577. The Balaban J connectivity index is 1.70. The van der Waals surface area contributed by atoms with Crippen molar-refractivity contribution in [2.45, 2.75) is 30.6 Å². The molecule has 1 aromatic rings. The molecule has 0 aromatic heterocycles. The molecule has 5 rings (SSSR count). The molecule has 1 saturated heterocycles. The van der Waals surface area contributed by atoms with Crippen LogP contribution in [0.25, 0.3) is 0 Å². The van der Waals surface area contributed by atoms with Gasteiger partial charge in [0.1, 0.15) is 12.2 Å². The molecule has 6 heteroatoms. The van der Waals surface area contributed by atoms with E-state index in [9.17, 15) is 4.79 Å². The number of nitrogens with zero attached hydrogens (tertiary/aromatic N) is 1. The standard InChI is InChI=1S/C18H19NO5/c1-19-4-3-9-5-14(21-2)17-15(16(9)19)10-6-12-13(23-8-22-12)7-11(10)18(20)24-17/h5-7,14-17H,3-4,8H2,1-2H3/t14-,15-,16+,17-/m0/s1. The summed E-state index contributed by atoms with van der Waals surface area (Å²) in [7, 11) is 3.79. The Kier molecular flexibility index (Phi) is 2.96. The fraction of sp³-hybridized carbons (Fsp3) is 0.500. The Morgan fingerprint density at radius 1 is 1.25 bits per heavy atom. The molecule has 6 nitrogen and oxygen atoms in total. The molecule has 0 N–H and O–H groups in total. The Morgan fingerprint density at radius 2 is 2.04 bits per heavy atom. The Morgan fingerprint density at radius 3 is 2.83 bits per heavy atom. The molecule has 4 aliphatic rings. The van der Waals surface area contributed by atoms with Crippen LogP contribution in [0.2, 0.25) is 0 Å². The largest absolute Gasteiger partial charge is 0.455 e. The number of hydrogen-bond acceptors (Lipinski definition) is 6. The van der Waals surface area contributed by atoms with Gasteiger partial charge >= 0.3 is 5.97 Å². The summed E-state index contributed by atoms with van der Waals surface area (Å²) in [6.07, 6.45) is 2.64. The van der Waals surface area contributed by atoms with Gasteiger partial charge in [0.15, 0.2) is 11.5 Å². The molecule has 126 valence electrons. The normalized spacial score (nSPS) is 33.4. The lowest BCUT2D eigenvalue weighted by atomic mass is 9.73. The first kappa shape index (κ1) is 14.3. The molecule has 0 saturated carbocycles. The van der Waals surface area contributed by atoms with E-state index >= 15 is 0 Å². The van der Waals surface area contributed by atoms with Gasteiger partial charge in [-0.25, -0.2) is 4.79 Å². The molecule has 1 fully saturated rings. The number of fused-ring (bicyclic) bond motifs is 6. The summed E-state index contributed by atoms with van der Waals surface area (Å²) < 4.78 is 22.4. The third-order valence-electron chi connectivity index (χ3n) is 5.64. The molecule has 0 amide bonds. The van der Waals surface area contributed by atoms with Crippen LogP contribution in [0, 0.1) is 0 Å². The molecule has 3 heterocycles. The summed E-state index contributed by atoms with van der Waals surface area (Å²) >= 11 is 0. The van der Waals surface area contributed by atoms with Crippen LogP contribution in [0.4, 0.5) is 0 Å². The van der Waals surface area contributed by atoms with Gasteiger partial charge in [0.2, 0.25) is 6.79 Å². The first-order valence-electron chi connectivity index (χ1n) is 8.25. The third-order valence-corrected chi connectivity index (χ3v) is 5.64. The van der Waals surface area contributed by atoms with Crippen molar-refractivity contribution < 1.29 is 23.7 Å². The fourth-order valence-corrected chi connectivity index (χ4v) is 4.54. The number of rotatable bonds is 1. The van der Waals surface area contributed by atoms with Gasteiger partial charge in [0, 0.05) is 25.6 Å². The number of carbonyl (C=O) groups excluding carboxylic acids is 1. The van der Waals surface area contributed by atoms with Crippen LogP contribution in [0.5, 0.6) is 11.5 Å². The van der Waals surface area contributed by atoms with E-state index in [1.807, 2.05) is 6.07 Å². The number of esters is 1. The highest BCUT2D eigenvalue weighted by atomic mass is 16.7. The van der Waals surface area contributed by atoms with Crippen molar-refractivity contribution in [1.82, 2.24) is 4.90 Å². The van der Waals surface area contributed by atoms with E-state index in [4.69, 9.17) is 18.9 Å². The summed E-state index contributed by atoms with van der Waals surface area (Å²) in [6.45, 7) is 1.19. The number of benzene rings is 1. The number of likely N-dealkylation sites (N-methyl/N-ethyl adjacent to an activating group) is 1. The van der Waals surface area contributed by atoms with Crippen molar-refractivity contribution in [3.8, 4) is 11.5 Å². The second-order valence-electron chi connectivity index (χ2n) is 6.81. The molecule has 3 aliphatic heterocycles. The highest BCUT2D eigenvalue weighted by Crippen LogP contribution is 2.49. The molecule has 0 radical (unpaired) electrons. The minimum absolute atomic E-state index is 0.0460. The molecule has 0 bridgehead atoms. The monoisotopic (exact) mass is 329 g/mol. The van der Waals surface area contributed by atoms with Crippen molar-refractivity contribution in [3.63, 3.8) is 0 Å². The molecule has 0 unspecified atom stereocenters. The predicted octanol–water partition coefficient (Wildman–Crippen LogP) is 1.70. The van der Waals surface area contributed by atoms with Gasteiger partial charge in [0.05, 0.1) is 5.56 Å². The maximum atomic E-state index is 12.6. The number of methoxy groups -OCH3 is 1. The number of hydrogen-bond donors (Lipinski definition) is 0. The first-order chi connectivity index (χ1) is 11.7. The summed E-state index contributed by atoms with van der Waals surface area (Å²) in [6, 6.07) is 3.94. The van der Waals surface area contributed by atoms with Crippen molar-refractivity contribution >= 4 is 5.97 Å².